The summed E-state index contributed by atoms with van der Waals surface area (Å²) >= 11 is 0. The molecule has 1 aromatic carbocycles. The van der Waals surface area contributed by atoms with Crippen molar-refractivity contribution in [1.29, 1.82) is 0 Å². The van der Waals surface area contributed by atoms with E-state index in [1.165, 1.54) is 5.56 Å². The van der Waals surface area contributed by atoms with Crippen LogP contribution in [0.5, 0.6) is 5.75 Å². The fourth-order valence-corrected chi connectivity index (χ4v) is 2.30. The number of hydrogen-bond donors (Lipinski definition) is 2. The van der Waals surface area contributed by atoms with Crippen LogP contribution < -0.4 is 16.2 Å². The molecule has 2 rings (SSSR count). The molecule has 94 valence electrons. The third kappa shape index (κ3) is 3.72. The number of nitrogens with two attached hydrogens (primary N) is 2. The van der Waals surface area contributed by atoms with Gasteiger partial charge in [0.15, 0.2) is 0 Å². The van der Waals surface area contributed by atoms with Crippen molar-refractivity contribution in [3.05, 3.63) is 29.8 Å². The molecule has 1 aliphatic rings. The van der Waals surface area contributed by atoms with Gasteiger partial charge in [-0.2, -0.15) is 0 Å². The van der Waals surface area contributed by atoms with Gasteiger partial charge in [-0.25, -0.2) is 0 Å². The lowest BCUT2D eigenvalue weighted by molar-refractivity contribution is 0.147. The molecular formula is C14H22N2O. The minimum absolute atomic E-state index is 0.343. The van der Waals surface area contributed by atoms with Gasteiger partial charge in [-0.1, -0.05) is 12.1 Å². The molecule has 1 saturated carbocycles. The van der Waals surface area contributed by atoms with Crippen molar-refractivity contribution >= 4 is 0 Å². The summed E-state index contributed by atoms with van der Waals surface area (Å²) in [4.78, 5) is 0. The molecular weight excluding hydrogens is 212 g/mol. The molecule has 1 aromatic rings. The van der Waals surface area contributed by atoms with Crippen molar-refractivity contribution in [2.45, 2.75) is 44.2 Å². The second-order valence-corrected chi connectivity index (χ2v) is 4.84. The van der Waals surface area contributed by atoms with E-state index in [-0.39, 0.29) is 0 Å². The molecule has 0 amide bonds. The number of benzene rings is 1. The lowest BCUT2D eigenvalue weighted by atomic mass is 9.94. The Morgan fingerprint density at radius 3 is 2.29 bits per heavy atom. The summed E-state index contributed by atoms with van der Waals surface area (Å²) in [6.45, 7) is 0.695. The van der Waals surface area contributed by atoms with E-state index < -0.39 is 0 Å². The van der Waals surface area contributed by atoms with Gasteiger partial charge >= 0.3 is 0 Å². The Bertz CT molecular complexity index is 329. The van der Waals surface area contributed by atoms with Crippen molar-refractivity contribution in [3.8, 4) is 5.75 Å². The second kappa shape index (κ2) is 6.03. The van der Waals surface area contributed by atoms with E-state index >= 15 is 0 Å². The van der Waals surface area contributed by atoms with Crippen LogP contribution in [0.4, 0.5) is 0 Å². The normalized spacial score (nSPS) is 24.6. The number of hydrogen-bond acceptors (Lipinski definition) is 3. The van der Waals surface area contributed by atoms with Crippen molar-refractivity contribution in [1.82, 2.24) is 0 Å². The SMILES string of the molecule is NCCc1ccc(OC2CCC(N)CC2)cc1. The zero-order valence-electron chi connectivity index (χ0n) is 10.3. The highest BCUT2D eigenvalue weighted by Crippen LogP contribution is 2.23. The Morgan fingerprint density at radius 1 is 1.06 bits per heavy atom. The lowest BCUT2D eigenvalue weighted by Crippen LogP contribution is -2.31. The Kier molecular flexibility index (Phi) is 4.40. The van der Waals surface area contributed by atoms with E-state index in [2.05, 4.69) is 12.1 Å². The summed E-state index contributed by atoms with van der Waals surface area (Å²) in [6.07, 6.45) is 5.58. The van der Waals surface area contributed by atoms with Crippen LogP contribution in [0.15, 0.2) is 24.3 Å². The molecule has 3 nitrogen and oxygen atoms in total. The topological polar surface area (TPSA) is 61.3 Å². The van der Waals surface area contributed by atoms with Gasteiger partial charge in [-0.15, -0.1) is 0 Å². The first-order valence-electron chi connectivity index (χ1n) is 6.49. The number of ether oxygens (including phenoxy) is 1. The monoisotopic (exact) mass is 234 g/mol. The van der Waals surface area contributed by atoms with E-state index in [4.69, 9.17) is 16.2 Å². The van der Waals surface area contributed by atoms with E-state index in [0.717, 1.165) is 37.9 Å². The molecule has 1 aliphatic carbocycles. The van der Waals surface area contributed by atoms with Crippen LogP contribution in [0.3, 0.4) is 0 Å². The fourth-order valence-electron chi connectivity index (χ4n) is 2.30. The molecule has 4 N–H and O–H groups in total. The van der Waals surface area contributed by atoms with Gasteiger partial charge in [-0.05, 0) is 56.3 Å². The molecule has 0 spiro atoms. The predicted molar refractivity (Wildman–Crippen MR) is 70.1 cm³/mol. The largest absolute Gasteiger partial charge is 0.490 e. The first-order valence-corrected chi connectivity index (χ1v) is 6.49. The maximum Gasteiger partial charge on any atom is 0.119 e. The molecule has 0 bridgehead atoms. The summed E-state index contributed by atoms with van der Waals surface area (Å²) in [6, 6.07) is 8.65. The highest BCUT2D eigenvalue weighted by Gasteiger charge is 2.19. The Labute approximate surface area is 103 Å². The van der Waals surface area contributed by atoms with Crippen LogP contribution >= 0.6 is 0 Å². The molecule has 0 atom stereocenters. The van der Waals surface area contributed by atoms with Crippen LogP contribution in [-0.4, -0.2) is 18.7 Å². The van der Waals surface area contributed by atoms with Gasteiger partial charge in [0.05, 0.1) is 6.10 Å². The standard InChI is InChI=1S/C14H22N2O/c15-10-9-11-1-5-13(6-2-11)17-14-7-3-12(16)4-8-14/h1-2,5-6,12,14H,3-4,7-10,15-16H2. The van der Waals surface area contributed by atoms with Gasteiger partial charge in [-0.3, -0.25) is 0 Å². The summed E-state index contributed by atoms with van der Waals surface area (Å²) in [5, 5.41) is 0. The van der Waals surface area contributed by atoms with E-state index in [1.807, 2.05) is 12.1 Å². The molecule has 0 radical (unpaired) electrons. The molecule has 1 fully saturated rings. The molecule has 0 aliphatic heterocycles. The highest BCUT2D eigenvalue weighted by molar-refractivity contribution is 5.27. The van der Waals surface area contributed by atoms with Crippen molar-refractivity contribution < 1.29 is 4.74 Å². The van der Waals surface area contributed by atoms with Gasteiger partial charge in [0.1, 0.15) is 5.75 Å². The van der Waals surface area contributed by atoms with Crippen molar-refractivity contribution in [2.75, 3.05) is 6.54 Å². The van der Waals surface area contributed by atoms with Gasteiger partial charge in [0.2, 0.25) is 0 Å². The van der Waals surface area contributed by atoms with Gasteiger partial charge in [0, 0.05) is 6.04 Å². The maximum atomic E-state index is 5.95. The zero-order chi connectivity index (χ0) is 12.1. The summed E-state index contributed by atoms with van der Waals surface area (Å²) in [5.41, 5.74) is 12.7. The molecule has 3 heteroatoms. The lowest BCUT2D eigenvalue weighted by Gasteiger charge is -2.26. The van der Waals surface area contributed by atoms with E-state index in [9.17, 15) is 0 Å². The second-order valence-electron chi connectivity index (χ2n) is 4.84. The minimum atomic E-state index is 0.343. The van der Waals surface area contributed by atoms with Crippen LogP contribution in [0.25, 0.3) is 0 Å². The van der Waals surface area contributed by atoms with Gasteiger partial charge in [0.25, 0.3) is 0 Å². The quantitative estimate of drug-likeness (QED) is 0.835. The third-order valence-corrected chi connectivity index (χ3v) is 3.38. The van der Waals surface area contributed by atoms with Crippen LogP contribution in [-0.2, 0) is 6.42 Å². The maximum absolute atomic E-state index is 5.95. The molecule has 0 aromatic heterocycles. The van der Waals surface area contributed by atoms with E-state index in [0.29, 0.717) is 18.7 Å². The third-order valence-electron chi connectivity index (χ3n) is 3.38. The fraction of sp³-hybridized carbons (Fsp3) is 0.571. The van der Waals surface area contributed by atoms with Gasteiger partial charge < -0.3 is 16.2 Å². The Morgan fingerprint density at radius 2 is 1.71 bits per heavy atom. The molecule has 0 unspecified atom stereocenters. The Balaban J connectivity index is 1.86. The average Bonchev–Trinajstić information content (AvgIpc) is 2.35. The van der Waals surface area contributed by atoms with Crippen LogP contribution in [0.2, 0.25) is 0 Å². The summed E-state index contributed by atoms with van der Waals surface area (Å²) in [7, 11) is 0. The van der Waals surface area contributed by atoms with Crippen molar-refractivity contribution in [3.63, 3.8) is 0 Å². The number of rotatable bonds is 4. The summed E-state index contributed by atoms with van der Waals surface area (Å²) in [5.74, 6) is 0.964. The van der Waals surface area contributed by atoms with Crippen molar-refractivity contribution in [2.24, 2.45) is 11.5 Å². The highest BCUT2D eigenvalue weighted by atomic mass is 16.5. The first-order chi connectivity index (χ1) is 8.28. The molecule has 0 heterocycles. The predicted octanol–water partition coefficient (Wildman–Crippen LogP) is 1.84. The minimum Gasteiger partial charge on any atom is -0.490 e. The Hall–Kier alpha value is -1.06. The smallest absolute Gasteiger partial charge is 0.119 e. The van der Waals surface area contributed by atoms with Crippen LogP contribution in [0.1, 0.15) is 31.2 Å². The average molecular weight is 234 g/mol. The summed E-state index contributed by atoms with van der Waals surface area (Å²) < 4.78 is 5.95. The van der Waals surface area contributed by atoms with Crippen LogP contribution in [0, 0.1) is 0 Å². The molecule has 17 heavy (non-hydrogen) atoms. The van der Waals surface area contributed by atoms with E-state index in [1.54, 1.807) is 0 Å². The first kappa shape index (κ1) is 12.4. The zero-order valence-corrected chi connectivity index (χ0v) is 10.3. The molecule has 0 saturated heterocycles.